The van der Waals surface area contributed by atoms with Crippen LogP contribution in [0.1, 0.15) is 32.6 Å². The van der Waals surface area contributed by atoms with E-state index in [-0.39, 0.29) is 29.0 Å². The highest BCUT2D eigenvalue weighted by Gasteiger charge is 2.31. The van der Waals surface area contributed by atoms with E-state index >= 15 is 0 Å². The van der Waals surface area contributed by atoms with Crippen molar-refractivity contribution in [3.8, 4) is 11.5 Å². The molecule has 31 heavy (non-hydrogen) atoms. The molecule has 1 unspecified atom stereocenters. The molecule has 2 aromatic rings. The van der Waals surface area contributed by atoms with Gasteiger partial charge in [0.05, 0.1) is 17.4 Å². The zero-order valence-electron chi connectivity index (χ0n) is 17.7. The van der Waals surface area contributed by atoms with Crippen LogP contribution in [0.25, 0.3) is 0 Å². The van der Waals surface area contributed by atoms with Gasteiger partial charge in [-0.15, -0.1) is 0 Å². The Bertz CT molecular complexity index is 1050. The number of benzene rings is 2. The van der Waals surface area contributed by atoms with Crippen LogP contribution in [0.15, 0.2) is 30.3 Å². The molecule has 1 atom stereocenters. The second-order valence-electron chi connectivity index (χ2n) is 7.74. The third-order valence-electron chi connectivity index (χ3n) is 5.72. The number of nitrogens with one attached hydrogen (secondary N) is 1. The number of hydrogen-bond acceptors (Lipinski definition) is 6. The highest BCUT2D eigenvalue weighted by molar-refractivity contribution is 8.15. The van der Waals surface area contributed by atoms with E-state index in [2.05, 4.69) is 5.32 Å². The number of ether oxygens (including phenoxy) is 2. The second-order valence-corrected chi connectivity index (χ2v) is 8.92. The van der Waals surface area contributed by atoms with Crippen LogP contribution < -0.4 is 14.8 Å². The van der Waals surface area contributed by atoms with E-state index in [9.17, 15) is 14.4 Å². The molecule has 2 aliphatic rings. The van der Waals surface area contributed by atoms with Gasteiger partial charge in [-0.2, -0.15) is 0 Å². The number of carbonyl (C=O) groups excluding carboxylic acids is 3. The number of imide groups is 1. The molecule has 0 spiro atoms. The Balaban J connectivity index is 1.31. The van der Waals surface area contributed by atoms with E-state index in [1.54, 1.807) is 4.90 Å². The number of hydrogen-bond donors (Lipinski definition) is 1. The largest absolute Gasteiger partial charge is 0.492 e. The van der Waals surface area contributed by atoms with Crippen molar-refractivity contribution in [3.63, 3.8) is 0 Å². The Hall–Kier alpha value is -3.00. The van der Waals surface area contributed by atoms with Crippen LogP contribution in [0, 0.1) is 20.8 Å². The van der Waals surface area contributed by atoms with Gasteiger partial charge in [-0.3, -0.25) is 19.7 Å². The summed E-state index contributed by atoms with van der Waals surface area (Å²) in [5.41, 5.74) is 4.78. The van der Waals surface area contributed by atoms with Gasteiger partial charge < -0.3 is 14.4 Å². The number of amides is 3. The van der Waals surface area contributed by atoms with Crippen LogP contribution in [0.4, 0.5) is 4.79 Å². The lowest BCUT2D eigenvalue weighted by molar-refractivity contribution is -0.118. The Morgan fingerprint density at radius 1 is 1.13 bits per heavy atom. The molecule has 2 aromatic carbocycles. The summed E-state index contributed by atoms with van der Waals surface area (Å²) < 4.78 is 11.6. The van der Waals surface area contributed by atoms with Crippen LogP contribution in [-0.4, -0.2) is 47.1 Å². The minimum Gasteiger partial charge on any atom is -0.492 e. The Morgan fingerprint density at radius 2 is 1.87 bits per heavy atom. The summed E-state index contributed by atoms with van der Waals surface area (Å²) >= 11 is 1.02. The molecule has 0 radical (unpaired) electrons. The van der Waals surface area contributed by atoms with Crippen molar-refractivity contribution in [1.82, 2.24) is 10.2 Å². The molecule has 7 nitrogen and oxygen atoms in total. The first-order valence-corrected chi connectivity index (χ1v) is 11.0. The first-order valence-electron chi connectivity index (χ1n) is 10.1. The lowest BCUT2D eigenvalue weighted by Gasteiger charge is -2.30. The maximum absolute atomic E-state index is 12.9. The third-order valence-corrected chi connectivity index (χ3v) is 6.71. The minimum atomic E-state index is -0.386. The maximum Gasteiger partial charge on any atom is 0.286 e. The van der Waals surface area contributed by atoms with Gasteiger partial charge in [0.1, 0.15) is 18.1 Å². The fourth-order valence-corrected chi connectivity index (χ4v) is 4.54. The van der Waals surface area contributed by atoms with E-state index in [4.69, 9.17) is 9.47 Å². The molecule has 0 aromatic heterocycles. The number of aryl methyl sites for hydroxylation is 1. The van der Waals surface area contributed by atoms with Gasteiger partial charge in [0, 0.05) is 0 Å². The smallest absolute Gasteiger partial charge is 0.286 e. The predicted octanol–water partition coefficient (Wildman–Crippen LogP) is 3.38. The highest BCUT2D eigenvalue weighted by atomic mass is 32.2. The SMILES string of the molecule is Cc1cc2c(c(C)c1C)OCN(CCOc1ccc(CC3SC(=O)NC3=O)cc1)C2=O. The molecule has 0 bridgehead atoms. The molecule has 1 N–H and O–H groups in total. The molecule has 162 valence electrons. The van der Waals surface area contributed by atoms with Crippen LogP contribution in [0.3, 0.4) is 0 Å². The van der Waals surface area contributed by atoms with Crippen LogP contribution >= 0.6 is 11.8 Å². The number of thioether (sulfide) groups is 1. The molecule has 2 heterocycles. The number of fused-ring (bicyclic) bond motifs is 1. The molecule has 3 amide bonds. The second kappa shape index (κ2) is 8.63. The first kappa shape index (κ1) is 21.2. The molecular weight excluding hydrogens is 416 g/mol. The van der Waals surface area contributed by atoms with Gasteiger partial charge in [0.15, 0.2) is 6.73 Å². The van der Waals surface area contributed by atoms with E-state index in [1.807, 2.05) is 51.1 Å². The van der Waals surface area contributed by atoms with Crippen molar-refractivity contribution in [2.75, 3.05) is 19.9 Å². The molecule has 4 rings (SSSR count). The lowest BCUT2D eigenvalue weighted by Crippen LogP contribution is -2.41. The fraction of sp³-hybridized carbons (Fsp3) is 0.348. The first-order chi connectivity index (χ1) is 14.8. The van der Waals surface area contributed by atoms with E-state index in [0.29, 0.717) is 36.6 Å². The van der Waals surface area contributed by atoms with Gasteiger partial charge in [-0.1, -0.05) is 23.9 Å². The minimum absolute atomic E-state index is 0.0479. The van der Waals surface area contributed by atoms with Crippen LogP contribution in [0.2, 0.25) is 0 Å². The van der Waals surface area contributed by atoms with Crippen molar-refractivity contribution in [2.45, 2.75) is 32.4 Å². The summed E-state index contributed by atoms with van der Waals surface area (Å²) in [7, 11) is 0. The quantitative estimate of drug-likeness (QED) is 0.741. The lowest BCUT2D eigenvalue weighted by atomic mass is 9.97. The Labute approximate surface area is 185 Å². The summed E-state index contributed by atoms with van der Waals surface area (Å²) in [6, 6.07) is 9.31. The molecule has 1 saturated heterocycles. The van der Waals surface area contributed by atoms with Gasteiger partial charge in [0.2, 0.25) is 5.91 Å². The molecule has 0 aliphatic carbocycles. The average molecular weight is 441 g/mol. The number of nitrogens with zero attached hydrogens (tertiary/aromatic N) is 1. The molecular formula is C23H24N2O5S. The third kappa shape index (κ3) is 4.39. The predicted molar refractivity (Wildman–Crippen MR) is 118 cm³/mol. The summed E-state index contributed by atoms with van der Waals surface area (Å²) in [6.07, 6.45) is 0.486. The topological polar surface area (TPSA) is 84.9 Å². The van der Waals surface area contributed by atoms with Crippen LogP contribution in [0.5, 0.6) is 11.5 Å². The summed E-state index contributed by atoms with van der Waals surface area (Å²) in [5, 5.41) is 1.61. The summed E-state index contributed by atoms with van der Waals surface area (Å²) in [5.74, 6) is 1.06. The zero-order chi connectivity index (χ0) is 22.1. The monoisotopic (exact) mass is 440 g/mol. The number of carbonyl (C=O) groups is 3. The molecule has 2 aliphatic heterocycles. The van der Waals surface area contributed by atoms with E-state index in [0.717, 1.165) is 34.0 Å². The van der Waals surface area contributed by atoms with Crippen LogP contribution in [-0.2, 0) is 11.2 Å². The van der Waals surface area contributed by atoms with E-state index in [1.165, 1.54) is 0 Å². The van der Waals surface area contributed by atoms with Gasteiger partial charge in [-0.05, 0) is 67.6 Å². The number of rotatable bonds is 6. The van der Waals surface area contributed by atoms with Crippen molar-refractivity contribution in [3.05, 3.63) is 58.1 Å². The van der Waals surface area contributed by atoms with Gasteiger partial charge in [-0.25, -0.2) is 0 Å². The van der Waals surface area contributed by atoms with Gasteiger partial charge >= 0.3 is 0 Å². The highest BCUT2D eigenvalue weighted by Crippen LogP contribution is 2.32. The van der Waals surface area contributed by atoms with Crippen molar-refractivity contribution in [1.29, 1.82) is 0 Å². The summed E-state index contributed by atoms with van der Waals surface area (Å²) in [4.78, 5) is 37.5. The fourth-order valence-electron chi connectivity index (χ4n) is 3.68. The van der Waals surface area contributed by atoms with Gasteiger partial charge in [0.25, 0.3) is 11.1 Å². The molecule has 1 fully saturated rings. The molecule has 8 heteroatoms. The van der Waals surface area contributed by atoms with Crippen molar-refractivity contribution in [2.24, 2.45) is 0 Å². The average Bonchev–Trinajstić information content (AvgIpc) is 3.06. The zero-order valence-corrected chi connectivity index (χ0v) is 18.5. The molecule has 0 saturated carbocycles. The van der Waals surface area contributed by atoms with E-state index < -0.39 is 0 Å². The standard InChI is InChI=1S/C23H24N2O5S/c1-13-10-18-20(15(3)14(13)2)30-12-25(22(18)27)8-9-29-17-6-4-16(5-7-17)11-19-21(26)24-23(28)31-19/h4-7,10,19H,8-9,11-12H2,1-3H3,(H,24,26,28). The maximum atomic E-state index is 12.9. The van der Waals surface area contributed by atoms with Crippen molar-refractivity contribution < 1.29 is 23.9 Å². The normalized spacial score (nSPS) is 18.0. The summed E-state index contributed by atoms with van der Waals surface area (Å²) in [6.45, 7) is 6.96. The Kier molecular flexibility index (Phi) is 5.91. The Morgan fingerprint density at radius 3 is 2.55 bits per heavy atom. The van der Waals surface area contributed by atoms with Crippen molar-refractivity contribution >= 4 is 28.8 Å².